The molecule has 2 heterocycles. The quantitative estimate of drug-likeness (QED) is 0.359. The number of pyridine rings is 1. The first-order valence-electron chi connectivity index (χ1n) is 11.2. The third kappa shape index (κ3) is 2.49. The molecule has 0 aliphatic carbocycles. The largest absolute Gasteiger partial charge is 0.215 e. The summed E-state index contributed by atoms with van der Waals surface area (Å²) in [4.78, 5) is 0. The maximum atomic E-state index is 8.23. The van der Waals surface area contributed by atoms with Gasteiger partial charge in [0.05, 0.1) is 0 Å². The summed E-state index contributed by atoms with van der Waals surface area (Å²) in [6, 6.07) is 28.1. The van der Waals surface area contributed by atoms with Gasteiger partial charge in [-0.15, -0.1) is 0 Å². The van der Waals surface area contributed by atoms with Crippen LogP contribution in [0.15, 0.2) is 85.1 Å². The molecule has 0 saturated carbocycles. The van der Waals surface area contributed by atoms with E-state index in [0.29, 0.717) is 0 Å². The summed E-state index contributed by atoms with van der Waals surface area (Å²) in [6.07, 6.45) is 2.03. The molecular weight excluding hydrogens is 366 g/mol. The van der Waals surface area contributed by atoms with Gasteiger partial charge < -0.3 is 0 Å². The van der Waals surface area contributed by atoms with Crippen molar-refractivity contribution in [3.05, 3.63) is 96.2 Å². The molecule has 0 radical (unpaired) electrons. The first-order chi connectivity index (χ1) is 14.9. The molecule has 0 spiro atoms. The van der Waals surface area contributed by atoms with Crippen LogP contribution in [0.3, 0.4) is 0 Å². The van der Waals surface area contributed by atoms with Crippen molar-refractivity contribution in [2.24, 2.45) is 7.05 Å². The maximum absolute atomic E-state index is 8.23. The van der Waals surface area contributed by atoms with E-state index in [1.807, 2.05) is 25.4 Å². The van der Waals surface area contributed by atoms with Crippen LogP contribution in [0.4, 0.5) is 0 Å². The van der Waals surface area contributed by atoms with E-state index < -0.39 is 14.9 Å². The number of hydrogen-bond donors (Lipinski definition) is 0. The van der Waals surface area contributed by atoms with Crippen molar-refractivity contribution < 1.29 is 7.31 Å². The van der Waals surface area contributed by atoms with Gasteiger partial charge in [0.25, 0.3) is 0 Å². The zero-order valence-corrected chi connectivity index (χ0v) is 18.1. The van der Waals surface area contributed by atoms with Gasteiger partial charge in [-0.25, -0.2) is 4.57 Å². The second kappa shape index (κ2) is 6.53. The zero-order chi connectivity index (χ0) is 21.8. The Labute approximate surface area is 177 Å². The van der Waals surface area contributed by atoms with Gasteiger partial charge in [-0.2, -0.15) is 0 Å². The summed E-state index contributed by atoms with van der Waals surface area (Å²) in [5, 5.41) is 4.24. The molecule has 1 aliphatic heterocycles. The number of aryl methyl sites for hydroxylation is 3. The molecule has 4 aromatic rings. The third-order valence-electron chi connectivity index (χ3n) is 6.47. The lowest BCUT2D eigenvalue weighted by Gasteiger charge is -2.28. The van der Waals surface area contributed by atoms with Gasteiger partial charge in [0.1, 0.15) is 15.1 Å². The van der Waals surface area contributed by atoms with Crippen LogP contribution in [0.1, 0.15) is 13.9 Å². The normalized spacial score (nSPS) is 18.2. The fourth-order valence-corrected chi connectivity index (χ4v) is 9.56. The van der Waals surface area contributed by atoms with Crippen molar-refractivity contribution in [2.75, 3.05) is 0 Å². The number of hydrogen-bond acceptors (Lipinski definition) is 0. The van der Waals surface area contributed by atoms with Crippen LogP contribution in [-0.4, -0.2) is 8.07 Å². The summed E-state index contributed by atoms with van der Waals surface area (Å²) in [7, 11) is -0.248. The molecule has 3 aromatic carbocycles. The van der Waals surface area contributed by atoms with Crippen LogP contribution >= 0.6 is 0 Å². The third-order valence-corrected chi connectivity index (χ3v) is 11.0. The van der Waals surface area contributed by atoms with E-state index in [9.17, 15) is 0 Å². The van der Waals surface area contributed by atoms with Crippen LogP contribution in [0.25, 0.3) is 22.4 Å². The number of aromatic nitrogens is 1. The Hall–Kier alpha value is -2.97. The van der Waals surface area contributed by atoms with Crippen molar-refractivity contribution >= 4 is 23.6 Å². The second-order valence-corrected chi connectivity index (χ2v) is 12.0. The average Bonchev–Trinajstić information content (AvgIpc) is 3.04. The van der Waals surface area contributed by atoms with E-state index in [1.54, 1.807) is 0 Å². The van der Waals surface area contributed by atoms with Gasteiger partial charge in [0.2, 0.25) is 5.69 Å². The molecule has 1 atom stereocenters. The molecule has 29 heavy (non-hydrogen) atoms. The van der Waals surface area contributed by atoms with Crippen LogP contribution in [0.2, 0.25) is 6.55 Å². The highest BCUT2D eigenvalue weighted by atomic mass is 28.3. The molecular formula is C27H26NSi+. The minimum atomic E-state index is -2.28. The fourth-order valence-electron chi connectivity index (χ4n) is 5.07. The Morgan fingerprint density at radius 1 is 0.793 bits per heavy atom. The Morgan fingerprint density at radius 2 is 1.55 bits per heavy atom. The Morgan fingerprint density at radius 3 is 2.34 bits per heavy atom. The number of nitrogens with zero attached hydrogens (tertiary/aromatic N) is 1. The molecule has 1 aromatic heterocycles. The smallest absolute Gasteiger partial charge is 0.201 e. The first kappa shape index (κ1) is 15.9. The zero-order valence-electron chi connectivity index (χ0n) is 19.1. The topological polar surface area (TPSA) is 3.88 Å². The van der Waals surface area contributed by atoms with E-state index in [4.69, 9.17) is 2.74 Å². The lowest BCUT2D eigenvalue weighted by atomic mass is 9.95. The van der Waals surface area contributed by atoms with Crippen molar-refractivity contribution in [1.29, 1.82) is 0 Å². The summed E-state index contributed by atoms with van der Waals surface area (Å²) in [5.41, 5.74) is 6.77. The highest BCUT2D eigenvalue weighted by molar-refractivity contribution is 7.14. The minimum Gasteiger partial charge on any atom is -0.201 e. The minimum absolute atomic E-state index is 0.752. The van der Waals surface area contributed by atoms with Crippen molar-refractivity contribution in [1.82, 2.24) is 0 Å². The van der Waals surface area contributed by atoms with Crippen LogP contribution in [-0.2, 0) is 7.05 Å². The standard InChI is InChI=1S/C27H26NSi/c1-19-16-17-23-22-14-8-9-15-24(22)29(4,21-12-6-5-7-13-21)27(23)25(19)26-20(2)11-10-18-28(26)3/h5-18H,1-4H3/q+1/i2D2. The van der Waals surface area contributed by atoms with Crippen molar-refractivity contribution in [3.63, 3.8) is 0 Å². The van der Waals surface area contributed by atoms with Gasteiger partial charge in [-0.1, -0.05) is 73.3 Å². The maximum Gasteiger partial charge on any atom is 0.215 e. The van der Waals surface area contributed by atoms with Gasteiger partial charge in [0.15, 0.2) is 6.20 Å². The van der Waals surface area contributed by atoms with E-state index >= 15 is 0 Å². The van der Waals surface area contributed by atoms with E-state index in [1.165, 1.54) is 37.8 Å². The molecule has 5 rings (SSSR count). The molecule has 2 heteroatoms. The van der Waals surface area contributed by atoms with E-state index in [0.717, 1.165) is 11.3 Å². The lowest BCUT2D eigenvalue weighted by Crippen LogP contribution is -2.63. The molecule has 0 amide bonds. The molecule has 1 nitrogen and oxygen atoms in total. The number of benzene rings is 3. The Kier molecular flexibility index (Phi) is 3.58. The molecule has 0 fully saturated rings. The SMILES string of the molecule is [2H]C([2H])c1ccc[n+](C)c1-c1c(C)ccc2c1[Si](C)(c1ccccc1)c1ccccc1-2. The summed E-state index contributed by atoms with van der Waals surface area (Å²) in [5.74, 6) is 0. The van der Waals surface area contributed by atoms with Crippen molar-refractivity contribution in [3.8, 4) is 22.4 Å². The Bertz CT molecular complexity index is 1300. The molecule has 142 valence electrons. The predicted molar refractivity (Wildman–Crippen MR) is 125 cm³/mol. The van der Waals surface area contributed by atoms with Crippen molar-refractivity contribution in [2.45, 2.75) is 20.3 Å². The number of rotatable bonds is 2. The molecule has 0 bridgehead atoms. The molecule has 0 saturated heterocycles. The van der Waals surface area contributed by atoms with Gasteiger partial charge in [-0.05, 0) is 52.1 Å². The number of fused-ring (bicyclic) bond motifs is 3. The highest BCUT2D eigenvalue weighted by Gasteiger charge is 2.46. The molecule has 1 unspecified atom stereocenters. The second-order valence-electron chi connectivity index (χ2n) is 8.14. The van der Waals surface area contributed by atoms with Gasteiger partial charge >= 0.3 is 0 Å². The highest BCUT2D eigenvalue weighted by Crippen LogP contribution is 2.35. The average molecular weight is 395 g/mol. The predicted octanol–water partition coefficient (Wildman–Crippen LogP) is 3.88. The van der Waals surface area contributed by atoms with E-state index in [2.05, 4.69) is 84.8 Å². The van der Waals surface area contributed by atoms with Gasteiger partial charge in [0, 0.05) is 19.9 Å². The summed E-state index contributed by atoms with van der Waals surface area (Å²) in [6.45, 7) is 3.58. The summed E-state index contributed by atoms with van der Waals surface area (Å²) >= 11 is 0. The van der Waals surface area contributed by atoms with Crippen LogP contribution < -0.4 is 20.1 Å². The van der Waals surface area contributed by atoms with E-state index in [-0.39, 0.29) is 0 Å². The fraction of sp³-hybridized carbons (Fsp3) is 0.148. The van der Waals surface area contributed by atoms with Crippen LogP contribution in [0.5, 0.6) is 0 Å². The first-order valence-corrected chi connectivity index (χ1v) is 12.6. The summed E-state index contributed by atoms with van der Waals surface area (Å²) < 4.78 is 18.6. The monoisotopic (exact) mass is 394 g/mol. The Balaban J connectivity index is 1.95. The lowest BCUT2D eigenvalue weighted by molar-refractivity contribution is -0.660. The van der Waals surface area contributed by atoms with Gasteiger partial charge in [-0.3, -0.25) is 0 Å². The van der Waals surface area contributed by atoms with Crippen LogP contribution in [0, 0.1) is 13.8 Å². The molecule has 0 N–H and O–H groups in total. The molecule has 1 aliphatic rings.